The van der Waals surface area contributed by atoms with E-state index < -0.39 is 0 Å². The van der Waals surface area contributed by atoms with Gasteiger partial charge in [-0.2, -0.15) is 0 Å². The van der Waals surface area contributed by atoms with Crippen molar-refractivity contribution in [1.82, 2.24) is 5.32 Å². The predicted octanol–water partition coefficient (Wildman–Crippen LogP) is 5.73. The largest absolute Gasteiger partial charge is 0.314 e. The Balaban J connectivity index is 0.000000505. The van der Waals surface area contributed by atoms with Crippen LogP contribution in [0.2, 0.25) is 0 Å². The van der Waals surface area contributed by atoms with Crippen LogP contribution in [0.1, 0.15) is 54.9 Å². The maximum absolute atomic E-state index is 8.81. The Hall–Kier alpha value is -2.52. The zero-order chi connectivity index (χ0) is 21.9. The summed E-state index contributed by atoms with van der Waals surface area (Å²) in [6, 6.07) is 17.9. The molecular formula is C26H37NO2. The molecule has 0 spiro atoms. The maximum atomic E-state index is 8.81. The van der Waals surface area contributed by atoms with Crippen molar-refractivity contribution in [3.05, 3.63) is 77.4 Å². The first-order valence-electron chi connectivity index (χ1n) is 10.3. The summed E-state index contributed by atoms with van der Waals surface area (Å²) in [5.74, 6) is 0. The Morgan fingerprint density at radius 3 is 2.10 bits per heavy atom. The summed E-state index contributed by atoms with van der Waals surface area (Å²) in [6.07, 6.45) is 9.20. The van der Waals surface area contributed by atoms with E-state index in [1.54, 1.807) is 0 Å². The average Bonchev–Trinajstić information content (AvgIpc) is 2.78. The van der Waals surface area contributed by atoms with Crippen LogP contribution in [0.25, 0.3) is 6.08 Å². The van der Waals surface area contributed by atoms with Crippen molar-refractivity contribution in [3.8, 4) is 0 Å². The standard InChI is InChI=1S/C15H21N.C8H10.C2H4O.CH2O/c1-2-13-6-5-7-14(12-13)9-10-15-8-3-4-11-16-15;1-7-3-5-8(2)6-4-7;1-2-3;1-2/h2,5-7,12,15-16H,1,3-4,8-11H2;3-6H,1-2H3;2H,1H3;1H2. The Bertz CT molecular complexity index is 652. The molecule has 1 saturated heterocycles. The average molecular weight is 396 g/mol. The monoisotopic (exact) mass is 395 g/mol. The van der Waals surface area contributed by atoms with Crippen molar-refractivity contribution >= 4 is 19.2 Å². The highest BCUT2D eigenvalue weighted by molar-refractivity contribution is 5.47. The fourth-order valence-electron chi connectivity index (χ4n) is 3.02. The van der Waals surface area contributed by atoms with Gasteiger partial charge >= 0.3 is 0 Å². The zero-order valence-corrected chi connectivity index (χ0v) is 18.3. The van der Waals surface area contributed by atoms with Crippen molar-refractivity contribution in [2.75, 3.05) is 6.54 Å². The summed E-state index contributed by atoms with van der Waals surface area (Å²) >= 11 is 0. The Morgan fingerprint density at radius 1 is 1.03 bits per heavy atom. The second kappa shape index (κ2) is 17.6. The van der Waals surface area contributed by atoms with E-state index >= 15 is 0 Å². The summed E-state index contributed by atoms with van der Waals surface area (Å²) in [5, 5.41) is 3.60. The van der Waals surface area contributed by atoms with Crippen LogP contribution in [0.5, 0.6) is 0 Å². The normalized spacial score (nSPS) is 14.5. The van der Waals surface area contributed by atoms with Crippen molar-refractivity contribution in [2.45, 2.75) is 58.9 Å². The molecule has 0 saturated carbocycles. The first-order valence-corrected chi connectivity index (χ1v) is 10.3. The van der Waals surface area contributed by atoms with Gasteiger partial charge in [0.1, 0.15) is 13.1 Å². The Labute approximate surface area is 177 Å². The highest BCUT2D eigenvalue weighted by atomic mass is 16.1. The SMILES string of the molecule is C=Cc1cccc(CCC2CCCCN2)c1.C=O.CC=O.Cc1ccc(C)cc1. The molecule has 1 atom stereocenters. The Kier molecular flexibility index (Phi) is 16.0. The van der Waals surface area contributed by atoms with Crippen molar-refractivity contribution < 1.29 is 9.59 Å². The molecule has 3 heteroatoms. The summed E-state index contributed by atoms with van der Waals surface area (Å²) in [4.78, 5) is 16.8. The minimum Gasteiger partial charge on any atom is -0.314 e. The quantitative estimate of drug-likeness (QED) is 0.673. The van der Waals surface area contributed by atoms with Gasteiger partial charge in [-0.05, 0) is 64.1 Å². The van der Waals surface area contributed by atoms with E-state index in [2.05, 4.69) is 74.3 Å². The number of benzene rings is 2. The van der Waals surface area contributed by atoms with Crippen molar-refractivity contribution in [3.63, 3.8) is 0 Å². The molecule has 2 aromatic rings. The van der Waals surface area contributed by atoms with Gasteiger partial charge in [0.05, 0.1) is 0 Å². The van der Waals surface area contributed by atoms with E-state index in [-0.39, 0.29) is 0 Å². The third-order valence-electron chi connectivity index (χ3n) is 4.60. The smallest absolute Gasteiger partial charge is 0.116 e. The zero-order valence-electron chi connectivity index (χ0n) is 18.3. The van der Waals surface area contributed by atoms with Gasteiger partial charge in [0.15, 0.2) is 0 Å². The van der Waals surface area contributed by atoms with Crippen LogP contribution in [0.3, 0.4) is 0 Å². The van der Waals surface area contributed by atoms with Crippen LogP contribution in [0.4, 0.5) is 0 Å². The summed E-state index contributed by atoms with van der Waals surface area (Å²) in [7, 11) is 0. The molecule has 0 amide bonds. The van der Waals surface area contributed by atoms with Crippen LogP contribution >= 0.6 is 0 Å². The number of rotatable bonds is 4. The van der Waals surface area contributed by atoms with Crippen molar-refractivity contribution in [2.24, 2.45) is 0 Å². The van der Waals surface area contributed by atoms with E-state index in [1.807, 2.05) is 12.9 Å². The first-order chi connectivity index (χ1) is 14.1. The third-order valence-corrected chi connectivity index (χ3v) is 4.60. The molecule has 1 heterocycles. The molecule has 0 aliphatic carbocycles. The lowest BCUT2D eigenvalue weighted by molar-refractivity contribution is -0.106. The molecule has 29 heavy (non-hydrogen) atoms. The van der Waals surface area contributed by atoms with Gasteiger partial charge in [-0.3, -0.25) is 0 Å². The van der Waals surface area contributed by atoms with Crippen LogP contribution in [-0.2, 0) is 16.0 Å². The van der Waals surface area contributed by atoms with Gasteiger partial charge < -0.3 is 14.9 Å². The lowest BCUT2D eigenvalue weighted by atomic mass is 9.97. The number of aryl methyl sites for hydroxylation is 3. The minimum atomic E-state index is 0.737. The molecule has 3 rings (SSSR count). The topological polar surface area (TPSA) is 46.2 Å². The Morgan fingerprint density at radius 2 is 1.62 bits per heavy atom. The van der Waals surface area contributed by atoms with Crippen LogP contribution in [0, 0.1) is 13.8 Å². The van der Waals surface area contributed by atoms with E-state index in [0.717, 1.165) is 12.3 Å². The number of hydrogen-bond donors (Lipinski definition) is 1. The second-order valence-corrected chi connectivity index (χ2v) is 7.03. The van der Waals surface area contributed by atoms with E-state index in [9.17, 15) is 0 Å². The van der Waals surface area contributed by atoms with Gasteiger partial charge in [-0.1, -0.05) is 78.7 Å². The maximum Gasteiger partial charge on any atom is 0.116 e. The highest BCUT2D eigenvalue weighted by Gasteiger charge is 2.11. The first kappa shape index (κ1) is 26.5. The lowest BCUT2D eigenvalue weighted by Gasteiger charge is -2.23. The van der Waals surface area contributed by atoms with Crippen LogP contribution in [-0.4, -0.2) is 25.7 Å². The molecule has 1 unspecified atom stereocenters. The van der Waals surface area contributed by atoms with Gasteiger partial charge in [0, 0.05) is 6.04 Å². The summed E-state index contributed by atoms with van der Waals surface area (Å²) < 4.78 is 0. The molecule has 3 nitrogen and oxygen atoms in total. The van der Waals surface area contributed by atoms with E-state index in [4.69, 9.17) is 9.59 Å². The lowest BCUT2D eigenvalue weighted by Crippen LogP contribution is -2.34. The molecule has 0 aromatic heterocycles. The number of carbonyl (C=O) groups is 2. The van der Waals surface area contributed by atoms with Gasteiger partial charge in [0.2, 0.25) is 0 Å². The van der Waals surface area contributed by atoms with Gasteiger partial charge in [0.25, 0.3) is 0 Å². The molecule has 0 radical (unpaired) electrons. The molecular weight excluding hydrogens is 358 g/mol. The predicted molar refractivity (Wildman–Crippen MR) is 125 cm³/mol. The number of piperidine rings is 1. The highest BCUT2D eigenvalue weighted by Crippen LogP contribution is 2.14. The molecule has 1 N–H and O–H groups in total. The molecule has 1 aliphatic heterocycles. The summed E-state index contributed by atoms with van der Waals surface area (Å²) in [6.45, 7) is 12.7. The minimum absolute atomic E-state index is 0.737. The summed E-state index contributed by atoms with van der Waals surface area (Å²) in [5.41, 5.74) is 5.32. The van der Waals surface area contributed by atoms with Gasteiger partial charge in [-0.15, -0.1) is 0 Å². The molecule has 1 fully saturated rings. The van der Waals surface area contributed by atoms with Crippen LogP contribution in [0.15, 0.2) is 55.1 Å². The fourth-order valence-corrected chi connectivity index (χ4v) is 3.02. The molecule has 0 bridgehead atoms. The number of hydrogen-bond acceptors (Lipinski definition) is 3. The molecule has 2 aromatic carbocycles. The number of nitrogens with one attached hydrogen (secondary N) is 1. The third kappa shape index (κ3) is 13.3. The molecule has 1 aliphatic rings. The molecule has 158 valence electrons. The van der Waals surface area contributed by atoms with Crippen molar-refractivity contribution in [1.29, 1.82) is 0 Å². The number of carbonyl (C=O) groups excluding carboxylic acids is 2. The van der Waals surface area contributed by atoms with Gasteiger partial charge in [-0.25, -0.2) is 0 Å². The van der Waals surface area contributed by atoms with E-state index in [1.165, 1.54) is 67.8 Å². The second-order valence-electron chi connectivity index (χ2n) is 7.03. The fraction of sp³-hybridized carbons (Fsp3) is 0.385. The van der Waals surface area contributed by atoms with Crippen LogP contribution < -0.4 is 5.32 Å². The number of aldehydes is 1. The van der Waals surface area contributed by atoms with E-state index in [0.29, 0.717) is 0 Å².